The second-order valence-electron chi connectivity index (χ2n) is 7.54. The molecule has 1 aromatic carbocycles. The highest BCUT2D eigenvalue weighted by atomic mass is 19.1. The van der Waals surface area contributed by atoms with Gasteiger partial charge in [0.1, 0.15) is 11.4 Å². The van der Waals surface area contributed by atoms with Gasteiger partial charge in [0.15, 0.2) is 0 Å². The molecule has 7 nitrogen and oxygen atoms in total. The van der Waals surface area contributed by atoms with Gasteiger partial charge in [0, 0.05) is 38.7 Å². The highest BCUT2D eigenvalue weighted by Crippen LogP contribution is 2.32. The van der Waals surface area contributed by atoms with Crippen LogP contribution in [0.4, 0.5) is 14.9 Å². The minimum atomic E-state index is -0.803. The lowest BCUT2D eigenvalue weighted by Crippen LogP contribution is -2.51. The van der Waals surface area contributed by atoms with Gasteiger partial charge in [-0.2, -0.15) is 0 Å². The second-order valence-corrected chi connectivity index (χ2v) is 7.54. The third-order valence-corrected chi connectivity index (χ3v) is 5.18. The van der Waals surface area contributed by atoms with Crippen LogP contribution in [0.5, 0.6) is 0 Å². The smallest absolute Gasteiger partial charge is 0.410 e. The van der Waals surface area contributed by atoms with Gasteiger partial charge in [-0.05, 0) is 23.6 Å². The van der Waals surface area contributed by atoms with Crippen molar-refractivity contribution < 1.29 is 23.5 Å². The Morgan fingerprint density at radius 2 is 1.93 bits per heavy atom. The standard InChI is InChI=1S/C19H24FN3O4/c1-12(2)14-5-4-13(10-15(14)20)21-16(24)17(25)23-8-6-19(7-9-23)11-22(3)18(26)27-19/h4-5,10,12H,6-9,11H2,1-3H3,(H,21,24). The molecule has 0 saturated carbocycles. The average molecular weight is 377 g/mol. The van der Waals surface area contributed by atoms with Gasteiger partial charge < -0.3 is 19.9 Å². The Morgan fingerprint density at radius 3 is 2.44 bits per heavy atom. The SMILES string of the molecule is CC(C)c1ccc(NC(=O)C(=O)N2CCC3(CC2)CN(C)C(=O)O3)cc1F. The van der Waals surface area contributed by atoms with E-state index in [1.165, 1.54) is 15.9 Å². The Balaban J connectivity index is 1.58. The van der Waals surface area contributed by atoms with Crippen molar-refractivity contribution >= 4 is 23.6 Å². The van der Waals surface area contributed by atoms with Gasteiger partial charge >= 0.3 is 17.9 Å². The lowest BCUT2D eigenvalue weighted by Gasteiger charge is -2.36. The lowest BCUT2D eigenvalue weighted by molar-refractivity contribution is -0.145. The number of likely N-dealkylation sites (tertiary alicyclic amines) is 1. The van der Waals surface area contributed by atoms with E-state index in [0.717, 1.165) is 0 Å². The maximum Gasteiger partial charge on any atom is 0.410 e. The summed E-state index contributed by atoms with van der Waals surface area (Å²) in [6.07, 6.45) is 0.610. The van der Waals surface area contributed by atoms with Crippen LogP contribution in [0.2, 0.25) is 0 Å². The molecule has 0 atom stereocenters. The fourth-order valence-electron chi connectivity index (χ4n) is 3.57. The first-order chi connectivity index (χ1) is 12.7. The topological polar surface area (TPSA) is 79.0 Å². The number of likely N-dealkylation sites (N-methyl/N-ethyl adjacent to an activating group) is 1. The van der Waals surface area contributed by atoms with Crippen LogP contribution < -0.4 is 5.32 Å². The Hall–Kier alpha value is -2.64. The van der Waals surface area contributed by atoms with E-state index in [4.69, 9.17) is 4.74 Å². The molecule has 0 aliphatic carbocycles. The molecule has 8 heteroatoms. The second kappa shape index (κ2) is 7.17. The number of benzene rings is 1. The molecule has 1 N–H and O–H groups in total. The van der Waals surface area contributed by atoms with Crippen LogP contribution >= 0.6 is 0 Å². The van der Waals surface area contributed by atoms with Crippen LogP contribution in [-0.4, -0.2) is 60.0 Å². The quantitative estimate of drug-likeness (QED) is 0.803. The number of nitrogens with one attached hydrogen (secondary N) is 1. The molecule has 27 heavy (non-hydrogen) atoms. The van der Waals surface area contributed by atoms with Crippen molar-refractivity contribution in [1.82, 2.24) is 9.80 Å². The Labute approximate surface area is 157 Å². The summed E-state index contributed by atoms with van der Waals surface area (Å²) in [4.78, 5) is 39.2. The normalized spacial score (nSPS) is 18.8. The third kappa shape index (κ3) is 3.89. The molecular formula is C19H24FN3O4. The lowest BCUT2D eigenvalue weighted by atomic mass is 9.91. The molecule has 2 aliphatic rings. The van der Waals surface area contributed by atoms with E-state index >= 15 is 0 Å². The summed E-state index contributed by atoms with van der Waals surface area (Å²) in [6.45, 7) is 4.90. The number of carbonyl (C=O) groups is 3. The van der Waals surface area contributed by atoms with Gasteiger partial charge in [0.2, 0.25) is 0 Å². The molecule has 146 valence electrons. The highest BCUT2D eigenvalue weighted by molar-refractivity contribution is 6.39. The number of ether oxygens (including phenoxy) is 1. The number of anilines is 1. The molecule has 2 saturated heterocycles. The summed E-state index contributed by atoms with van der Waals surface area (Å²) in [6, 6.07) is 4.41. The van der Waals surface area contributed by atoms with Crippen LogP contribution in [-0.2, 0) is 14.3 Å². The zero-order valence-electron chi connectivity index (χ0n) is 15.8. The number of halogens is 1. The number of amides is 3. The zero-order valence-corrected chi connectivity index (χ0v) is 15.8. The van der Waals surface area contributed by atoms with Gasteiger partial charge in [-0.3, -0.25) is 9.59 Å². The highest BCUT2D eigenvalue weighted by Gasteiger charge is 2.46. The Morgan fingerprint density at radius 1 is 1.26 bits per heavy atom. The zero-order chi connectivity index (χ0) is 19.8. The van der Waals surface area contributed by atoms with E-state index in [-0.39, 0.29) is 17.7 Å². The van der Waals surface area contributed by atoms with E-state index < -0.39 is 23.2 Å². The molecule has 2 aliphatic heterocycles. The van der Waals surface area contributed by atoms with Crippen molar-refractivity contribution in [3.63, 3.8) is 0 Å². The van der Waals surface area contributed by atoms with Crippen molar-refractivity contribution in [3.05, 3.63) is 29.6 Å². The molecule has 0 aromatic heterocycles. The number of hydrogen-bond acceptors (Lipinski definition) is 4. The summed E-state index contributed by atoms with van der Waals surface area (Å²) in [7, 11) is 1.67. The Kier molecular flexibility index (Phi) is 5.08. The fourth-order valence-corrected chi connectivity index (χ4v) is 3.57. The first-order valence-corrected chi connectivity index (χ1v) is 9.04. The predicted molar refractivity (Wildman–Crippen MR) is 96.8 cm³/mol. The molecule has 1 aromatic rings. The van der Waals surface area contributed by atoms with E-state index in [2.05, 4.69) is 5.32 Å². The molecule has 3 rings (SSSR count). The van der Waals surface area contributed by atoms with Gasteiger partial charge in [0.05, 0.1) is 6.54 Å². The summed E-state index contributed by atoms with van der Waals surface area (Å²) in [5.41, 5.74) is 0.223. The summed E-state index contributed by atoms with van der Waals surface area (Å²) in [5.74, 6) is -1.86. The summed E-state index contributed by atoms with van der Waals surface area (Å²) < 4.78 is 19.5. The van der Waals surface area contributed by atoms with Gasteiger partial charge in [-0.15, -0.1) is 0 Å². The number of piperidine rings is 1. The van der Waals surface area contributed by atoms with Crippen molar-refractivity contribution in [1.29, 1.82) is 0 Å². The van der Waals surface area contributed by atoms with E-state index in [0.29, 0.717) is 38.0 Å². The van der Waals surface area contributed by atoms with Crippen molar-refractivity contribution in [2.75, 3.05) is 32.0 Å². The van der Waals surface area contributed by atoms with Crippen LogP contribution in [0.25, 0.3) is 0 Å². The van der Waals surface area contributed by atoms with E-state index in [1.807, 2.05) is 13.8 Å². The predicted octanol–water partition coefficient (Wildman–Crippen LogP) is 2.33. The maximum atomic E-state index is 14.0. The van der Waals surface area contributed by atoms with Crippen LogP contribution in [0, 0.1) is 5.82 Å². The van der Waals surface area contributed by atoms with Crippen molar-refractivity contribution in [3.8, 4) is 0 Å². The maximum absolute atomic E-state index is 14.0. The summed E-state index contributed by atoms with van der Waals surface area (Å²) in [5, 5.41) is 2.46. The number of rotatable bonds is 2. The van der Waals surface area contributed by atoms with Crippen molar-refractivity contribution in [2.24, 2.45) is 0 Å². The molecule has 1 spiro atoms. The van der Waals surface area contributed by atoms with Gasteiger partial charge in [-0.1, -0.05) is 19.9 Å². The van der Waals surface area contributed by atoms with Crippen molar-refractivity contribution in [2.45, 2.75) is 38.2 Å². The number of carbonyl (C=O) groups excluding carboxylic acids is 3. The van der Waals surface area contributed by atoms with E-state index in [9.17, 15) is 18.8 Å². The molecule has 0 bridgehead atoms. The monoisotopic (exact) mass is 377 g/mol. The minimum Gasteiger partial charge on any atom is -0.441 e. The Bertz CT molecular complexity index is 772. The number of hydrogen-bond donors (Lipinski definition) is 1. The summed E-state index contributed by atoms with van der Waals surface area (Å²) >= 11 is 0. The molecule has 0 unspecified atom stereocenters. The first-order valence-electron chi connectivity index (χ1n) is 9.04. The largest absolute Gasteiger partial charge is 0.441 e. The molecule has 2 heterocycles. The average Bonchev–Trinajstić information content (AvgIpc) is 2.88. The van der Waals surface area contributed by atoms with Gasteiger partial charge in [-0.25, -0.2) is 9.18 Å². The fraction of sp³-hybridized carbons (Fsp3) is 0.526. The van der Waals surface area contributed by atoms with Gasteiger partial charge in [0.25, 0.3) is 0 Å². The van der Waals surface area contributed by atoms with Crippen LogP contribution in [0.15, 0.2) is 18.2 Å². The number of nitrogens with zero attached hydrogens (tertiary/aromatic N) is 2. The van der Waals surface area contributed by atoms with Crippen LogP contribution in [0.3, 0.4) is 0 Å². The molecule has 2 fully saturated rings. The van der Waals surface area contributed by atoms with Crippen LogP contribution in [0.1, 0.15) is 38.2 Å². The molecule has 0 radical (unpaired) electrons. The molecular weight excluding hydrogens is 353 g/mol. The first kappa shape index (κ1) is 19.1. The molecule has 3 amide bonds. The van der Waals surface area contributed by atoms with E-state index in [1.54, 1.807) is 19.2 Å². The minimum absolute atomic E-state index is 0.0285. The third-order valence-electron chi connectivity index (χ3n) is 5.18.